The molecule has 210 valence electrons. The second-order valence-electron chi connectivity index (χ2n) is 9.62. The highest BCUT2D eigenvalue weighted by atomic mass is 19.4. The van der Waals surface area contributed by atoms with E-state index in [0.717, 1.165) is 12.1 Å². The first kappa shape index (κ1) is 29.6. The normalized spacial score (nSPS) is 17.5. The van der Waals surface area contributed by atoms with Crippen molar-refractivity contribution in [2.24, 2.45) is 11.8 Å². The first-order valence-electron chi connectivity index (χ1n) is 12.8. The first-order chi connectivity index (χ1) is 18.1. The van der Waals surface area contributed by atoms with E-state index in [1.807, 2.05) is 18.7 Å². The standard InChI is InChI=1S/C28H37F3N2O5/c1-19(2)33(27(34)20-6-11-25(36-4)26(14-20)37-13-5-12-35-3)17-21-15-32-16-22(21)18-38-24-9-7-23(8-10-24)28(29,30)31/h6-11,14,19,21-22,32H,5,12-13,15-18H2,1-4H3/t21-,22+/m0/s1. The molecule has 0 aromatic heterocycles. The molecule has 0 saturated carbocycles. The van der Waals surface area contributed by atoms with E-state index in [9.17, 15) is 18.0 Å². The number of methoxy groups -OCH3 is 2. The fraction of sp³-hybridized carbons (Fsp3) is 0.536. The molecule has 7 nitrogen and oxygen atoms in total. The summed E-state index contributed by atoms with van der Waals surface area (Å²) in [5, 5.41) is 3.35. The molecule has 0 spiro atoms. The third-order valence-corrected chi connectivity index (χ3v) is 6.60. The molecule has 2 aromatic carbocycles. The van der Waals surface area contributed by atoms with Crippen LogP contribution >= 0.6 is 0 Å². The summed E-state index contributed by atoms with van der Waals surface area (Å²) in [4.78, 5) is 15.4. The van der Waals surface area contributed by atoms with Gasteiger partial charge >= 0.3 is 6.18 Å². The van der Waals surface area contributed by atoms with Gasteiger partial charge in [0.15, 0.2) is 11.5 Å². The van der Waals surface area contributed by atoms with Crippen LogP contribution in [-0.2, 0) is 10.9 Å². The maximum atomic E-state index is 13.6. The molecular weight excluding hydrogens is 501 g/mol. The maximum Gasteiger partial charge on any atom is 0.416 e. The second-order valence-corrected chi connectivity index (χ2v) is 9.62. The Balaban J connectivity index is 1.65. The summed E-state index contributed by atoms with van der Waals surface area (Å²) in [6, 6.07) is 9.83. The summed E-state index contributed by atoms with van der Waals surface area (Å²) in [6.45, 7) is 7.22. The molecule has 1 aliphatic heterocycles. The van der Waals surface area contributed by atoms with Gasteiger partial charge in [-0.2, -0.15) is 13.2 Å². The van der Waals surface area contributed by atoms with Gasteiger partial charge in [0.25, 0.3) is 5.91 Å². The number of amides is 1. The highest BCUT2D eigenvalue weighted by Crippen LogP contribution is 2.31. The Hall–Kier alpha value is -2.98. The van der Waals surface area contributed by atoms with Gasteiger partial charge < -0.3 is 29.2 Å². The number of ether oxygens (including phenoxy) is 4. The molecule has 38 heavy (non-hydrogen) atoms. The van der Waals surface area contributed by atoms with Crippen LogP contribution in [0, 0.1) is 11.8 Å². The van der Waals surface area contributed by atoms with Crippen LogP contribution in [-0.4, -0.2) is 70.5 Å². The number of hydrogen-bond acceptors (Lipinski definition) is 6. The van der Waals surface area contributed by atoms with E-state index in [-0.39, 0.29) is 23.8 Å². The lowest BCUT2D eigenvalue weighted by molar-refractivity contribution is -0.137. The molecule has 0 bridgehead atoms. The molecule has 0 aliphatic carbocycles. The molecular formula is C28H37F3N2O5. The van der Waals surface area contributed by atoms with Gasteiger partial charge in [0.1, 0.15) is 5.75 Å². The van der Waals surface area contributed by atoms with Crippen molar-refractivity contribution in [1.29, 1.82) is 0 Å². The second kappa shape index (κ2) is 13.7. The molecule has 1 N–H and O–H groups in total. The first-order valence-corrected chi connectivity index (χ1v) is 12.8. The van der Waals surface area contributed by atoms with Crippen molar-refractivity contribution >= 4 is 5.91 Å². The fourth-order valence-corrected chi connectivity index (χ4v) is 4.39. The molecule has 1 heterocycles. The molecule has 10 heteroatoms. The Labute approximate surface area is 222 Å². The zero-order chi connectivity index (χ0) is 27.7. The highest BCUT2D eigenvalue weighted by Gasteiger charge is 2.33. The van der Waals surface area contributed by atoms with Crippen LogP contribution < -0.4 is 19.5 Å². The van der Waals surface area contributed by atoms with Crippen LogP contribution in [0.1, 0.15) is 36.2 Å². The monoisotopic (exact) mass is 538 g/mol. The number of benzene rings is 2. The fourth-order valence-electron chi connectivity index (χ4n) is 4.39. The molecule has 0 radical (unpaired) electrons. The quantitative estimate of drug-likeness (QED) is 0.366. The van der Waals surface area contributed by atoms with E-state index in [4.69, 9.17) is 18.9 Å². The lowest BCUT2D eigenvalue weighted by atomic mass is 9.95. The largest absolute Gasteiger partial charge is 0.493 e. The van der Waals surface area contributed by atoms with Gasteiger partial charge in [-0.1, -0.05) is 0 Å². The summed E-state index contributed by atoms with van der Waals surface area (Å²) < 4.78 is 60.6. The van der Waals surface area contributed by atoms with Gasteiger partial charge in [-0.15, -0.1) is 0 Å². The van der Waals surface area contributed by atoms with Crippen molar-refractivity contribution < 1.29 is 36.9 Å². The molecule has 2 aromatic rings. The minimum absolute atomic E-state index is 0.0484. The Morgan fingerprint density at radius 1 is 1.00 bits per heavy atom. The minimum atomic E-state index is -4.38. The van der Waals surface area contributed by atoms with E-state index in [2.05, 4.69) is 5.32 Å². The number of nitrogens with one attached hydrogen (secondary N) is 1. The number of rotatable bonds is 13. The van der Waals surface area contributed by atoms with Gasteiger partial charge in [0.05, 0.1) is 25.9 Å². The zero-order valence-electron chi connectivity index (χ0n) is 22.3. The number of carbonyl (C=O) groups is 1. The predicted molar refractivity (Wildman–Crippen MR) is 138 cm³/mol. The van der Waals surface area contributed by atoms with Crippen LogP contribution in [0.3, 0.4) is 0 Å². The molecule has 1 fully saturated rings. The lowest BCUT2D eigenvalue weighted by Gasteiger charge is -2.31. The minimum Gasteiger partial charge on any atom is -0.493 e. The Bertz CT molecular complexity index is 1030. The number of halogens is 3. The highest BCUT2D eigenvalue weighted by molar-refractivity contribution is 5.95. The van der Waals surface area contributed by atoms with Crippen LogP contribution in [0.15, 0.2) is 42.5 Å². The summed E-state index contributed by atoms with van der Waals surface area (Å²) in [5.41, 5.74) is -0.205. The lowest BCUT2D eigenvalue weighted by Crippen LogP contribution is -2.42. The van der Waals surface area contributed by atoms with Crippen molar-refractivity contribution in [1.82, 2.24) is 10.2 Å². The van der Waals surface area contributed by atoms with Crippen LogP contribution in [0.2, 0.25) is 0 Å². The third-order valence-electron chi connectivity index (χ3n) is 6.60. The summed E-state index contributed by atoms with van der Waals surface area (Å²) in [6.07, 6.45) is -3.67. The van der Waals surface area contributed by atoms with Crippen molar-refractivity contribution in [3.8, 4) is 17.2 Å². The number of hydrogen-bond donors (Lipinski definition) is 1. The van der Waals surface area contributed by atoms with Gasteiger partial charge in [0, 0.05) is 57.3 Å². The van der Waals surface area contributed by atoms with Crippen LogP contribution in [0.5, 0.6) is 17.2 Å². The van der Waals surface area contributed by atoms with Crippen molar-refractivity contribution in [3.63, 3.8) is 0 Å². The summed E-state index contributed by atoms with van der Waals surface area (Å²) >= 11 is 0. The molecule has 1 saturated heterocycles. The van der Waals surface area contributed by atoms with Gasteiger partial charge in [-0.05, 0) is 62.2 Å². The van der Waals surface area contributed by atoms with E-state index >= 15 is 0 Å². The zero-order valence-corrected chi connectivity index (χ0v) is 22.3. The molecule has 1 amide bonds. The van der Waals surface area contributed by atoms with Crippen LogP contribution in [0.25, 0.3) is 0 Å². The topological polar surface area (TPSA) is 69.3 Å². The van der Waals surface area contributed by atoms with Gasteiger partial charge in [-0.3, -0.25) is 4.79 Å². The SMILES string of the molecule is COCCCOc1cc(C(=O)N(C[C@@H]2CNC[C@@H]2COc2ccc(C(F)(F)F)cc2)C(C)C)ccc1OC. The maximum absolute atomic E-state index is 13.6. The molecule has 1 aliphatic rings. The van der Waals surface area contributed by atoms with E-state index in [1.54, 1.807) is 32.4 Å². The third kappa shape index (κ3) is 8.01. The van der Waals surface area contributed by atoms with Gasteiger partial charge in [0.2, 0.25) is 0 Å². The Morgan fingerprint density at radius 2 is 1.71 bits per heavy atom. The average molecular weight is 539 g/mol. The predicted octanol–water partition coefficient (Wildman–Crippen LogP) is 4.89. The van der Waals surface area contributed by atoms with E-state index in [0.29, 0.717) is 68.7 Å². The molecule has 0 unspecified atom stereocenters. The molecule has 2 atom stereocenters. The Morgan fingerprint density at radius 3 is 2.34 bits per heavy atom. The molecule has 3 rings (SSSR count). The number of nitrogens with zero attached hydrogens (tertiary/aromatic N) is 1. The average Bonchev–Trinajstić information content (AvgIpc) is 3.34. The smallest absolute Gasteiger partial charge is 0.416 e. The van der Waals surface area contributed by atoms with E-state index in [1.165, 1.54) is 12.1 Å². The summed E-state index contributed by atoms with van der Waals surface area (Å²) in [7, 11) is 3.19. The number of alkyl halides is 3. The summed E-state index contributed by atoms with van der Waals surface area (Å²) in [5.74, 6) is 1.55. The number of carbonyl (C=O) groups excluding carboxylic acids is 1. The van der Waals surface area contributed by atoms with Gasteiger partial charge in [-0.25, -0.2) is 0 Å². The Kier molecular flexibility index (Phi) is 10.7. The van der Waals surface area contributed by atoms with Crippen LogP contribution in [0.4, 0.5) is 13.2 Å². The van der Waals surface area contributed by atoms with Crippen molar-refractivity contribution in [2.45, 2.75) is 32.5 Å². The van der Waals surface area contributed by atoms with E-state index < -0.39 is 11.7 Å². The van der Waals surface area contributed by atoms with Crippen molar-refractivity contribution in [3.05, 3.63) is 53.6 Å². The van der Waals surface area contributed by atoms with Crippen molar-refractivity contribution in [2.75, 3.05) is 53.7 Å².